The highest BCUT2D eigenvalue weighted by Crippen LogP contribution is 2.37. The van der Waals surface area contributed by atoms with Crippen molar-refractivity contribution < 1.29 is 9.13 Å². The smallest absolute Gasteiger partial charge is 0.123 e. The fraction of sp³-hybridized carbons (Fsp3) is 0.625. The van der Waals surface area contributed by atoms with Gasteiger partial charge in [-0.3, -0.25) is 4.90 Å². The summed E-state index contributed by atoms with van der Waals surface area (Å²) in [6, 6.07) is 5.48. The van der Waals surface area contributed by atoms with Gasteiger partial charge in [-0.1, -0.05) is 6.07 Å². The third-order valence-corrected chi connectivity index (χ3v) is 5.33. The molecule has 2 saturated heterocycles. The van der Waals surface area contributed by atoms with Gasteiger partial charge < -0.3 is 10.5 Å². The molecule has 0 saturated carbocycles. The van der Waals surface area contributed by atoms with Crippen LogP contribution >= 0.6 is 0 Å². The molecular weight excluding hydrogens is 255 g/mol. The van der Waals surface area contributed by atoms with Crippen molar-refractivity contribution in [2.45, 2.75) is 24.9 Å². The van der Waals surface area contributed by atoms with Gasteiger partial charge in [0.15, 0.2) is 0 Å². The van der Waals surface area contributed by atoms with E-state index in [9.17, 15) is 4.39 Å². The van der Waals surface area contributed by atoms with Crippen LogP contribution in [0, 0.1) is 17.7 Å². The third kappa shape index (κ3) is 1.98. The molecule has 2 fully saturated rings. The maximum atomic E-state index is 13.3. The summed E-state index contributed by atoms with van der Waals surface area (Å²) in [7, 11) is 0. The van der Waals surface area contributed by atoms with Crippen LogP contribution in [0.1, 0.15) is 23.6 Å². The van der Waals surface area contributed by atoms with Crippen LogP contribution in [0.25, 0.3) is 0 Å². The number of halogens is 1. The Morgan fingerprint density at radius 1 is 1.20 bits per heavy atom. The molecule has 1 aromatic rings. The number of fused-ring (bicyclic) bond motifs is 2. The summed E-state index contributed by atoms with van der Waals surface area (Å²) in [5.74, 6) is 1.23. The first-order valence-corrected chi connectivity index (χ1v) is 7.58. The van der Waals surface area contributed by atoms with Crippen LogP contribution in [0.3, 0.4) is 0 Å². The molecule has 0 aromatic heterocycles. The number of likely N-dealkylation sites (tertiary alicyclic amines) is 1. The van der Waals surface area contributed by atoms with E-state index in [0.717, 1.165) is 50.3 Å². The van der Waals surface area contributed by atoms with Gasteiger partial charge in [0.05, 0.1) is 13.2 Å². The largest absolute Gasteiger partial charge is 0.381 e. The summed E-state index contributed by atoms with van der Waals surface area (Å²) >= 11 is 0. The van der Waals surface area contributed by atoms with Crippen LogP contribution in [0.15, 0.2) is 18.2 Å². The fourth-order valence-electron chi connectivity index (χ4n) is 4.21. The van der Waals surface area contributed by atoms with Crippen LogP contribution in [-0.4, -0.2) is 37.2 Å². The normalized spacial score (nSPS) is 36.9. The molecular formula is C16H21FN2O. The Morgan fingerprint density at radius 2 is 1.95 bits per heavy atom. The van der Waals surface area contributed by atoms with Crippen LogP contribution in [0.4, 0.5) is 4.39 Å². The molecule has 0 bridgehead atoms. The zero-order valence-electron chi connectivity index (χ0n) is 11.6. The number of benzene rings is 1. The van der Waals surface area contributed by atoms with E-state index in [2.05, 4.69) is 4.90 Å². The topological polar surface area (TPSA) is 38.5 Å². The first-order chi connectivity index (χ1) is 9.72. The molecule has 0 spiro atoms. The van der Waals surface area contributed by atoms with E-state index < -0.39 is 0 Å². The van der Waals surface area contributed by atoms with Gasteiger partial charge in [0.1, 0.15) is 5.82 Å². The van der Waals surface area contributed by atoms with Gasteiger partial charge in [0.2, 0.25) is 0 Å². The van der Waals surface area contributed by atoms with Crippen molar-refractivity contribution in [3.63, 3.8) is 0 Å². The maximum absolute atomic E-state index is 13.3. The van der Waals surface area contributed by atoms with Gasteiger partial charge in [0, 0.05) is 37.0 Å². The Morgan fingerprint density at radius 3 is 2.70 bits per heavy atom. The molecule has 4 heteroatoms. The summed E-state index contributed by atoms with van der Waals surface area (Å²) in [5.41, 5.74) is 8.70. The second kappa shape index (κ2) is 4.79. The van der Waals surface area contributed by atoms with E-state index >= 15 is 0 Å². The number of aryl methyl sites for hydroxylation is 1. The molecule has 20 heavy (non-hydrogen) atoms. The quantitative estimate of drug-likeness (QED) is 0.849. The first-order valence-electron chi connectivity index (χ1n) is 7.58. The van der Waals surface area contributed by atoms with E-state index in [1.165, 1.54) is 6.07 Å². The van der Waals surface area contributed by atoms with Crippen LogP contribution in [-0.2, 0) is 11.2 Å². The predicted octanol–water partition coefficient (Wildman–Crippen LogP) is 1.72. The van der Waals surface area contributed by atoms with Crippen LogP contribution < -0.4 is 5.73 Å². The zero-order valence-corrected chi connectivity index (χ0v) is 11.6. The summed E-state index contributed by atoms with van der Waals surface area (Å²) < 4.78 is 18.9. The van der Waals surface area contributed by atoms with E-state index in [1.54, 1.807) is 6.07 Å². The van der Waals surface area contributed by atoms with Crippen LogP contribution in [0.2, 0.25) is 0 Å². The monoisotopic (exact) mass is 276 g/mol. The van der Waals surface area contributed by atoms with Crippen molar-refractivity contribution in [3.8, 4) is 0 Å². The van der Waals surface area contributed by atoms with Crippen molar-refractivity contribution in [2.24, 2.45) is 17.6 Å². The second-order valence-corrected chi connectivity index (χ2v) is 6.49. The Labute approximate surface area is 118 Å². The van der Waals surface area contributed by atoms with Crippen molar-refractivity contribution in [1.29, 1.82) is 0 Å². The molecule has 4 rings (SSSR count). The molecule has 1 unspecified atom stereocenters. The van der Waals surface area contributed by atoms with Crippen molar-refractivity contribution in [2.75, 3.05) is 26.3 Å². The predicted molar refractivity (Wildman–Crippen MR) is 74.8 cm³/mol. The molecule has 0 radical (unpaired) electrons. The second-order valence-electron chi connectivity index (χ2n) is 6.49. The minimum atomic E-state index is -0.151. The average molecular weight is 276 g/mol. The number of nitrogens with zero attached hydrogens (tertiary/aromatic N) is 1. The van der Waals surface area contributed by atoms with E-state index in [4.69, 9.17) is 10.5 Å². The fourth-order valence-corrected chi connectivity index (χ4v) is 4.21. The SMILES string of the molecule is N[C@@H]1c2ccc(F)cc2CCC1N1C[C@H]2COC[C@H]2C1. The van der Waals surface area contributed by atoms with E-state index in [0.29, 0.717) is 17.9 Å². The van der Waals surface area contributed by atoms with Gasteiger partial charge in [-0.15, -0.1) is 0 Å². The minimum Gasteiger partial charge on any atom is -0.381 e. The van der Waals surface area contributed by atoms with Gasteiger partial charge in [-0.05, 0) is 36.1 Å². The first kappa shape index (κ1) is 12.7. The molecule has 1 aliphatic carbocycles. The number of hydrogen-bond donors (Lipinski definition) is 1. The molecule has 2 aliphatic heterocycles. The molecule has 108 valence electrons. The molecule has 0 amide bonds. The molecule has 4 atom stereocenters. The number of nitrogens with two attached hydrogens (primary N) is 1. The van der Waals surface area contributed by atoms with Crippen molar-refractivity contribution in [3.05, 3.63) is 35.1 Å². The molecule has 2 heterocycles. The molecule has 3 nitrogen and oxygen atoms in total. The van der Waals surface area contributed by atoms with Gasteiger partial charge >= 0.3 is 0 Å². The molecule has 3 aliphatic rings. The third-order valence-electron chi connectivity index (χ3n) is 5.33. The highest BCUT2D eigenvalue weighted by Gasteiger charge is 2.42. The van der Waals surface area contributed by atoms with Gasteiger partial charge in [-0.25, -0.2) is 4.39 Å². The molecule has 2 N–H and O–H groups in total. The standard InChI is InChI=1S/C16H21FN2O/c17-13-2-3-14-10(5-13)1-4-15(16(14)18)19-6-11-8-20-9-12(11)7-19/h2-3,5,11-12,15-16H,1,4,6-9,18H2/t11-,12+,15?,16-/m1/s1. The summed E-state index contributed by atoms with van der Waals surface area (Å²) in [6.07, 6.45) is 1.98. The van der Waals surface area contributed by atoms with Gasteiger partial charge in [0.25, 0.3) is 0 Å². The van der Waals surface area contributed by atoms with Crippen molar-refractivity contribution in [1.82, 2.24) is 4.90 Å². The maximum Gasteiger partial charge on any atom is 0.123 e. The summed E-state index contributed by atoms with van der Waals surface area (Å²) in [4.78, 5) is 2.55. The van der Waals surface area contributed by atoms with Crippen molar-refractivity contribution >= 4 is 0 Å². The zero-order chi connectivity index (χ0) is 13.7. The highest BCUT2D eigenvalue weighted by molar-refractivity contribution is 5.34. The highest BCUT2D eigenvalue weighted by atomic mass is 19.1. The van der Waals surface area contributed by atoms with Crippen LogP contribution in [0.5, 0.6) is 0 Å². The lowest BCUT2D eigenvalue weighted by molar-refractivity contribution is 0.124. The Hall–Kier alpha value is -0.970. The summed E-state index contributed by atoms with van der Waals surface area (Å²) in [5, 5.41) is 0. The lowest BCUT2D eigenvalue weighted by atomic mass is 9.83. The number of ether oxygens (including phenoxy) is 1. The Balaban J connectivity index is 1.55. The summed E-state index contributed by atoms with van der Waals surface area (Å²) in [6.45, 7) is 4.04. The minimum absolute atomic E-state index is 0.0131. The van der Waals surface area contributed by atoms with E-state index in [-0.39, 0.29) is 11.9 Å². The lowest BCUT2D eigenvalue weighted by Crippen LogP contribution is -2.45. The van der Waals surface area contributed by atoms with Gasteiger partial charge in [-0.2, -0.15) is 0 Å². The Bertz CT molecular complexity index is 509. The number of rotatable bonds is 1. The average Bonchev–Trinajstić information content (AvgIpc) is 2.99. The number of hydrogen-bond acceptors (Lipinski definition) is 3. The Kier molecular flexibility index (Phi) is 3.05. The molecule has 1 aromatic carbocycles. The van der Waals surface area contributed by atoms with E-state index in [1.807, 2.05) is 6.07 Å². The lowest BCUT2D eigenvalue weighted by Gasteiger charge is -2.37.